The molecule has 0 heterocycles. The number of nitrogens with zero attached hydrogens (tertiary/aromatic N) is 1. The molecule has 1 unspecified atom stereocenters. The molecule has 8 heteroatoms. The Hall–Kier alpha value is -2.22. The average molecular weight is 844 g/mol. The first-order valence-corrected chi connectivity index (χ1v) is 26.0. The number of anilines is 2. The van der Waals surface area contributed by atoms with Crippen molar-refractivity contribution in [3.63, 3.8) is 0 Å². The number of nitrogens with one attached hydrogen (secondary N) is 2. The van der Waals surface area contributed by atoms with E-state index in [1.165, 1.54) is 122 Å². The van der Waals surface area contributed by atoms with E-state index in [1.807, 2.05) is 0 Å². The number of carbonyl (C=O) groups is 2. The lowest BCUT2D eigenvalue weighted by atomic mass is 9.88. The molecule has 0 radical (unpaired) electrons. The fraction of sp³-hybridized carbons (Fsp3) is 0.885. The number of hydrogen-bond acceptors (Lipinski definition) is 8. The van der Waals surface area contributed by atoms with Gasteiger partial charge in [-0.25, -0.2) is 0 Å². The molecule has 1 atom stereocenters. The lowest BCUT2D eigenvalue weighted by Gasteiger charge is -2.23. The Kier molecular flexibility index (Phi) is 36.8. The number of carbonyl (C=O) groups excluding carboxylic acids is 2. The fourth-order valence-electron chi connectivity index (χ4n) is 8.71. The van der Waals surface area contributed by atoms with E-state index in [-0.39, 0.29) is 18.0 Å². The molecule has 0 aliphatic heterocycles. The van der Waals surface area contributed by atoms with Crippen LogP contribution in [0.2, 0.25) is 0 Å². The minimum Gasteiger partial charge on any atom is -0.462 e. The van der Waals surface area contributed by atoms with Crippen molar-refractivity contribution in [2.75, 3.05) is 43.9 Å². The molecule has 350 valence electrons. The van der Waals surface area contributed by atoms with E-state index in [0.717, 1.165) is 116 Å². The number of unbranched alkanes of at least 4 members (excludes halogenated alkanes) is 23. The maximum absolute atomic E-state index is 13.4. The standard InChI is InChI=1S/C52H97N3O5/c1-6-10-13-16-21-28-36-45(37-29-22-17-14-11-7-2)47(56)39-31-24-19-26-33-42-55(44-35-41-54-50-49(53-5)51(58)52(50)59)43-34-27-20-25-32-40-48(57)60-46(9-4)38-30-23-18-15-12-8-3/h45-46,53-54H,6-44H2,1-5H3. The van der Waals surface area contributed by atoms with Gasteiger partial charge in [0.15, 0.2) is 0 Å². The number of hydrogen-bond donors (Lipinski definition) is 2. The van der Waals surface area contributed by atoms with E-state index < -0.39 is 10.9 Å². The molecule has 0 saturated heterocycles. The molecule has 8 nitrogen and oxygen atoms in total. The van der Waals surface area contributed by atoms with Crippen molar-refractivity contribution >= 4 is 23.1 Å². The highest BCUT2D eigenvalue weighted by molar-refractivity contribution is 5.80. The van der Waals surface area contributed by atoms with Gasteiger partial charge < -0.3 is 20.3 Å². The summed E-state index contributed by atoms with van der Waals surface area (Å²) in [5, 5.41) is 6.04. The van der Waals surface area contributed by atoms with E-state index in [9.17, 15) is 19.2 Å². The highest BCUT2D eigenvalue weighted by Crippen LogP contribution is 2.23. The van der Waals surface area contributed by atoms with Crippen LogP contribution < -0.4 is 21.5 Å². The largest absolute Gasteiger partial charge is 0.462 e. The van der Waals surface area contributed by atoms with Gasteiger partial charge in [0.25, 0.3) is 10.9 Å². The minimum absolute atomic E-state index is 0.0269. The summed E-state index contributed by atoms with van der Waals surface area (Å²) in [5.74, 6) is 0.788. The van der Waals surface area contributed by atoms with Crippen LogP contribution in [0.4, 0.5) is 11.4 Å². The third-order valence-corrected chi connectivity index (χ3v) is 12.8. The summed E-state index contributed by atoms with van der Waals surface area (Å²) in [6.45, 7) is 12.6. The molecule has 0 bridgehead atoms. The molecule has 1 aromatic rings. The molecule has 0 saturated carbocycles. The summed E-state index contributed by atoms with van der Waals surface area (Å²) >= 11 is 0. The first-order valence-electron chi connectivity index (χ1n) is 26.0. The van der Waals surface area contributed by atoms with Gasteiger partial charge in [-0.1, -0.05) is 175 Å². The van der Waals surface area contributed by atoms with Crippen LogP contribution in [0.15, 0.2) is 9.59 Å². The van der Waals surface area contributed by atoms with Crippen LogP contribution in [-0.4, -0.2) is 56.0 Å². The normalized spacial score (nSPS) is 12.2. The molecule has 60 heavy (non-hydrogen) atoms. The van der Waals surface area contributed by atoms with E-state index in [1.54, 1.807) is 7.05 Å². The van der Waals surface area contributed by atoms with Crippen molar-refractivity contribution < 1.29 is 14.3 Å². The minimum atomic E-state index is -0.433. The topological polar surface area (TPSA) is 105 Å². The maximum Gasteiger partial charge on any atom is 0.306 e. The first-order chi connectivity index (χ1) is 29.3. The number of esters is 1. The maximum atomic E-state index is 13.4. The van der Waals surface area contributed by atoms with Crippen molar-refractivity contribution in [2.24, 2.45) is 5.92 Å². The SMILES string of the molecule is CCCCCCCCC(CC)OC(=O)CCCCCCCN(CCCCCCCC(=O)C(CCCCCCCC)CCCCCCCC)CCCNc1c(NC)c(=O)c1=O. The quantitative estimate of drug-likeness (QED) is 0.0380. The second kappa shape index (κ2) is 39.6. The van der Waals surface area contributed by atoms with E-state index in [4.69, 9.17) is 4.74 Å². The molecule has 1 aromatic carbocycles. The molecule has 0 amide bonds. The molecule has 0 aliphatic rings. The Bertz CT molecular complexity index is 1210. The number of ketones is 1. The van der Waals surface area contributed by atoms with Crippen LogP contribution in [0.5, 0.6) is 0 Å². The molecule has 0 fully saturated rings. The predicted octanol–water partition coefficient (Wildman–Crippen LogP) is 13.9. The molecule has 0 spiro atoms. The van der Waals surface area contributed by atoms with E-state index in [0.29, 0.717) is 30.1 Å². The summed E-state index contributed by atoms with van der Waals surface area (Å²) in [6, 6.07) is 0. The molecule has 2 N–H and O–H groups in total. The number of ether oxygens (including phenoxy) is 1. The Labute approximate surface area is 370 Å². The van der Waals surface area contributed by atoms with E-state index >= 15 is 0 Å². The summed E-state index contributed by atoms with van der Waals surface area (Å²) in [5.41, 5.74) is -0.0276. The molecule has 0 aliphatic carbocycles. The zero-order valence-electron chi connectivity index (χ0n) is 40.2. The Morgan fingerprint density at radius 3 is 1.42 bits per heavy atom. The zero-order valence-corrected chi connectivity index (χ0v) is 40.2. The zero-order chi connectivity index (χ0) is 43.9. The van der Waals surface area contributed by atoms with Gasteiger partial charge in [0.2, 0.25) is 0 Å². The second-order valence-electron chi connectivity index (χ2n) is 18.2. The fourth-order valence-corrected chi connectivity index (χ4v) is 8.71. The Morgan fingerprint density at radius 1 is 0.500 bits per heavy atom. The van der Waals surface area contributed by atoms with Gasteiger partial charge in [-0.2, -0.15) is 0 Å². The van der Waals surface area contributed by atoms with Crippen molar-refractivity contribution in [1.29, 1.82) is 0 Å². The van der Waals surface area contributed by atoms with Crippen molar-refractivity contribution in [1.82, 2.24) is 4.90 Å². The molecular weight excluding hydrogens is 747 g/mol. The summed E-state index contributed by atoms with van der Waals surface area (Å²) < 4.78 is 5.81. The first kappa shape index (κ1) is 55.8. The highest BCUT2D eigenvalue weighted by atomic mass is 16.5. The van der Waals surface area contributed by atoms with Crippen LogP contribution >= 0.6 is 0 Å². The van der Waals surface area contributed by atoms with Gasteiger partial charge >= 0.3 is 5.97 Å². The molecule has 0 aromatic heterocycles. The second-order valence-corrected chi connectivity index (χ2v) is 18.2. The summed E-state index contributed by atoms with van der Waals surface area (Å²) in [4.78, 5) is 52.2. The lowest BCUT2D eigenvalue weighted by molar-refractivity contribution is -0.149. The van der Waals surface area contributed by atoms with E-state index in [2.05, 4.69) is 43.2 Å². The van der Waals surface area contributed by atoms with Gasteiger partial charge in [0.05, 0.1) is 0 Å². The third kappa shape index (κ3) is 28.4. The van der Waals surface area contributed by atoms with Crippen molar-refractivity contribution in [3.05, 3.63) is 20.4 Å². The van der Waals surface area contributed by atoms with Gasteiger partial charge in [-0.15, -0.1) is 0 Å². The van der Waals surface area contributed by atoms with Crippen LogP contribution in [0, 0.1) is 5.92 Å². The highest BCUT2D eigenvalue weighted by Gasteiger charge is 2.20. The number of rotatable bonds is 46. The van der Waals surface area contributed by atoms with Crippen LogP contribution in [0.1, 0.15) is 252 Å². The lowest BCUT2D eigenvalue weighted by Crippen LogP contribution is -2.37. The predicted molar refractivity (Wildman–Crippen MR) is 258 cm³/mol. The molecular formula is C52H97N3O5. The van der Waals surface area contributed by atoms with Gasteiger partial charge in [0, 0.05) is 32.4 Å². The van der Waals surface area contributed by atoms with Gasteiger partial charge in [-0.05, 0) is 83.8 Å². The Balaban J connectivity index is 2.43. The Morgan fingerprint density at radius 2 is 0.917 bits per heavy atom. The van der Waals surface area contributed by atoms with Crippen molar-refractivity contribution in [2.45, 2.75) is 259 Å². The molecule has 1 rings (SSSR count). The number of Topliss-reactive ketones (excluding diaryl/α,β-unsaturated/α-hetero) is 1. The van der Waals surface area contributed by atoms with Crippen LogP contribution in [-0.2, 0) is 14.3 Å². The van der Waals surface area contributed by atoms with Gasteiger partial charge in [-0.3, -0.25) is 19.2 Å². The van der Waals surface area contributed by atoms with Crippen LogP contribution in [0.25, 0.3) is 0 Å². The smallest absolute Gasteiger partial charge is 0.306 e. The van der Waals surface area contributed by atoms with Crippen LogP contribution in [0.3, 0.4) is 0 Å². The monoisotopic (exact) mass is 844 g/mol. The van der Waals surface area contributed by atoms with Crippen molar-refractivity contribution in [3.8, 4) is 0 Å². The average Bonchev–Trinajstić information content (AvgIpc) is 3.25. The van der Waals surface area contributed by atoms with Gasteiger partial charge in [0.1, 0.15) is 23.3 Å². The summed E-state index contributed by atoms with van der Waals surface area (Å²) in [6.07, 6.45) is 40.5. The third-order valence-electron chi connectivity index (χ3n) is 12.8. The summed E-state index contributed by atoms with van der Waals surface area (Å²) in [7, 11) is 1.68.